The Morgan fingerprint density at radius 1 is 1.05 bits per heavy atom. The Balaban J connectivity index is 1.78. The molecule has 0 aliphatic heterocycles. The van der Waals surface area contributed by atoms with E-state index in [4.69, 9.17) is 9.47 Å². The fourth-order valence-electron chi connectivity index (χ4n) is 1.80. The smallest absolute Gasteiger partial charge is 0.140 e. The second kappa shape index (κ2) is 8.11. The van der Waals surface area contributed by atoms with E-state index in [1.54, 1.807) is 31.4 Å². The Kier molecular flexibility index (Phi) is 5.83. The van der Waals surface area contributed by atoms with Crippen LogP contribution >= 0.6 is 0 Å². The summed E-state index contributed by atoms with van der Waals surface area (Å²) in [5.74, 6) is 6.35. The third-order valence-corrected chi connectivity index (χ3v) is 2.96. The van der Waals surface area contributed by atoms with Crippen LogP contribution in [0.5, 0.6) is 5.75 Å². The second-order valence-corrected chi connectivity index (χ2v) is 4.48. The molecule has 0 aromatic heterocycles. The number of rotatable bonds is 5. The van der Waals surface area contributed by atoms with E-state index >= 15 is 0 Å². The Hall–Kier alpha value is -2.28. The summed E-state index contributed by atoms with van der Waals surface area (Å²) in [6.07, 6.45) is -0.809. The zero-order valence-corrected chi connectivity index (χ0v) is 12.0. The lowest BCUT2D eigenvalue weighted by molar-refractivity contribution is 0.153. The van der Waals surface area contributed by atoms with Crippen molar-refractivity contribution >= 4 is 0 Å². The van der Waals surface area contributed by atoms with Gasteiger partial charge in [-0.25, -0.2) is 0 Å². The highest BCUT2D eigenvalue weighted by Crippen LogP contribution is 2.16. The van der Waals surface area contributed by atoms with Gasteiger partial charge in [0, 0.05) is 0 Å². The van der Waals surface area contributed by atoms with Gasteiger partial charge in [-0.15, -0.1) is 0 Å². The van der Waals surface area contributed by atoms with E-state index in [-0.39, 0.29) is 0 Å². The van der Waals surface area contributed by atoms with Crippen molar-refractivity contribution in [3.63, 3.8) is 0 Å². The lowest BCUT2D eigenvalue weighted by atomic mass is 10.1. The molecule has 2 aromatic rings. The van der Waals surface area contributed by atoms with Gasteiger partial charge in [0.2, 0.25) is 0 Å². The highest BCUT2D eigenvalue weighted by molar-refractivity contribution is 5.31. The summed E-state index contributed by atoms with van der Waals surface area (Å²) in [5.41, 5.74) is 1.85. The van der Waals surface area contributed by atoms with Crippen LogP contribution in [0.3, 0.4) is 0 Å². The summed E-state index contributed by atoms with van der Waals surface area (Å²) < 4.78 is 10.5. The average molecular weight is 282 g/mol. The molecule has 0 amide bonds. The van der Waals surface area contributed by atoms with Gasteiger partial charge < -0.3 is 14.6 Å². The van der Waals surface area contributed by atoms with Gasteiger partial charge in [-0.3, -0.25) is 0 Å². The van der Waals surface area contributed by atoms with Crippen LogP contribution in [0.4, 0.5) is 0 Å². The predicted molar refractivity (Wildman–Crippen MR) is 81.8 cm³/mol. The molecule has 0 saturated heterocycles. The van der Waals surface area contributed by atoms with Crippen molar-refractivity contribution < 1.29 is 14.6 Å². The van der Waals surface area contributed by atoms with Gasteiger partial charge in [-0.1, -0.05) is 54.3 Å². The van der Waals surface area contributed by atoms with Crippen molar-refractivity contribution in [2.45, 2.75) is 12.7 Å². The van der Waals surface area contributed by atoms with Gasteiger partial charge in [-0.2, -0.15) is 0 Å². The van der Waals surface area contributed by atoms with E-state index in [2.05, 4.69) is 11.8 Å². The monoisotopic (exact) mass is 282 g/mol. The van der Waals surface area contributed by atoms with Crippen LogP contribution < -0.4 is 4.74 Å². The fraction of sp³-hybridized carbons (Fsp3) is 0.222. The minimum absolute atomic E-state index is 0.294. The molecule has 0 saturated carbocycles. The summed E-state index contributed by atoms with van der Waals surface area (Å²) in [5, 5.41) is 9.93. The molecule has 0 aliphatic rings. The summed E-state index contributed by atoms with van der Waals surface area (Å²) in [6.45, 7) is 0.816. The molecule has 1 N–H and O–H groups in total. The molecule has 3 heteroatoms. The predicted octanol–water partition coefficient (Wildman–Crippen LogP) is 2.95. The molecule has 0 aliphatic carbocycles. The molecular formula is C18H18O3. The van der Waals surface area contributed by atoms with Crippen LogP contribution in [-0.2, 0) is 11.3 Å². The van der Waals surface area contributed by atoms with Crippen molar-refractivity contribution in [3.05, 3.63) is 65.7 Å². The number of hydrogen-bond acceptors (Lipinski definition) is 3. The summed E-state index contributed by atoms with van der Waals surface area (Å²) in [6, 6.07) is 17.1. The van der Waals surface area contributed by atoms with Crippen LogP contribution in [0, 0.1) is 11.8 Å². The highest BCUT2D eigenvalue weighted by Gasteiger charge is 2.02. The average Bonchev–Trinajstić information content (AvgIpc) is 2.55. The molecule has 0 fully saturated rings. The van der Waals surface area contributed by atoms with Crippen LogP contribution in [0.1, 0.15) is 17.2 Å². The molecule has 3 nitrogen and oxygen atoms in total. The van der Waals surface area contributed by atoms with Crippen LogP contribution in [-0.4, -0.2) is 18.8 Å². The van der Waals surface area contributed by atoms with Gasteiger partial charge in [0.15, 0.2) is 0 Å². The Labute approximate surface area is 125 Å². The minimum atomic E-state index is -0.809. The number of hydrogen-bond donors (Lipinski definition) is 1. The molecule has 0 bridgehead atoms. The number of methoxy groups -OCH3 is 1. The summed E-state index contributed by atoms with van der Waals surface area (Å²) >= 11 is 0. The molecule has 2 rings (SSSR count). The lowest BCUT2D eigenvalue weighted by Crippen LogP contribution is -1.96. The summed E-state index contributed by atoms with van der Waals surface area (Å²) in [7, 11) is 1.61. The molecule has 21 heavy (non-hydrogen) atoms. The van der Waals surface area contributed by atoms with Crippen LogP contribution in [0.2, 0.25) is 0 Å². The standard InChI is InChI=1S/C18H18O3/c1-20-17-11-9-16(10-12-17)18(19)8-5-13-21-14-15-6-3-2-4-7-15/h2-4,6-7,9-12,18-19H,13-14H2,1H3. The lowest BCUT2D eigenvalue weighted by Gasteiger charge is -2.05. The second-order valence-electron chi connectivity index (χ2n) is 4.48. The van der Waals surface area contributed by atoms with Gasteiger partial charge in [-0.05, 0) is 23.3 Å². The van der Waals surface area contributed by atoms with Crippen molar-refractivity contribution in [1.29, 1.82) is 0 Å². The molecule has 1 atom stereocenters. The normalized spacial score (nSPS) is 11.3. The number of aliphatic hydroxyl groups is 1. The maximum absolute atomic E-state index is 9.93. The maximum atomic E-state index is 9.93. The number of benzene rings is 2. The largest absolute Gasteiger partial charge is 0.497 e. The van der Waals surface area contributed by atoms with Gasteiger partial charge in [0.1, 0.15) is 18.5 Å². The van der Waals surface area contributed by atoms with Gasteiger partial charge in [0.25, 0.3) is 0 Å². The molecule has 2 aromatic carbocycles. The van der Waals surface area contributed by atoms with Crippen molar-refractivity contribution in [1.82, 2.24) is 0 Å². The van der Waals surface area contributed by atoms with Crippen molar-refractivity contribution in [2.75, 3.05) is 13.7 Å². The van der Waals surface area contributed by atoms with Crippen LogP contribution in [0.15, 0.2) is 54.6 Å². The molecule has 0 spiro atoms. The SMILES string of the molecule is COc1ccc(C(O)C#CCOCc2ccccc2)cc1. The van der Waals surface area contributed by atoms with Crippen molar-refractivity contribution in [3.8, 4) is 17.6 Å². The minimum Gasteiger partial charge on any atom is -0.497 e. The first-order chi connectivity index (χ1) is 10.3. The van der Waals surface area contributed by atoms with E-state index in [0.717, 1.165) is 16.9 Å². The molecule has 0 radical (unpaired) electrons. The Bertz CT molecular complexity index is 594. The molecule has 1 unspecified atom stereocenters. The number of aliphatic hydroxyl groups excluding tert-OH is 1. The first-order valence-electron chi connectivity index (χ1n) is 6.71. The topological polar surface area (TPSA) is 38.7 Å². The first kappa shape index (κ1) is 15.1. The molecule has 0 heterocycles. The van der Waals surface area contributed by atoms with E-state index in [1.807, 2.05) is 30.3 Å². The third-order valence-electron chi connectivity index (χ3n) is 2.96. The first-order valence-corrected chi connectivity index (χ1v) is 6.71. The van der Waals surface area contributed by atoms with Crippen LogP contribution in [0.25, 0.3) is 0 Å². The Morgan fingerprint density at radius 3 is 2.43 bits per heavy atom. The Morgan fingerprint density at radius 2 is 1.76 bits per heavy atom. The number of ether oxygens (including phenoxy) is 2. The molecule has 108 valence electrons. The summed E-state index contributed by atoms with van der Waals surface area (Å²) in [4.78, 5) is 0. The fourth-order valence-corrected chi connectivity index (χ4v) is 1.80. The third kappa shape index (κ3) is 4.96. The van der Waals surface area contributed by atoms with E-state index in [1.165, 1.54) is 0 Å². The van der Waals surface area contributed by atoms with E-state index in [9.17, 15) is 5.11 Å². The zero-order chi connectivity index (χ0) is 14.9. The quantitative estimate of drug-likeness (QED) is 0.677. The zero-order valence-electron chi connectivity index (χ0n) is 12.0. The van der Waals surface area contributed by atoms with E-state index in [0.29, 0.717) is 13.2 Å². The van der Waals surface area contributed by atoms with E-state index < -0.39 is 6.10 Å². The van der Waals surface area contributed by atoms with Crippen molar-refractivity contribution in [2.24, 2.45) is 0 Å². The van der Waals surface area contributed by atoms with Gasteiger partial charge >= 0.3 is 0 Å². The highest BCUT2D eigenvalue weighted by atomic mass is 16.5. The molecular weight excluding hydrogens is 264 g/mol. The maximum Gasteiger partial charge on any atom is 0.140 e. The van der Waals surface area contributed by atoms with Gasteiger partial charge in [0.05, 0.1) is 13.7 Å².